The summed E-state index contributed by atoms with van der Waals surface area (Å²) in [6.45, 7) is 3.54. The van der Waals surface area contributed by atoms with Crippen LogP contribution in [-0.4, -0.2) is 46.3 Å². The number of carbonyl (C=O) groups excluding carboxylic acids is 2. The van der Waals surface area contributed by atoms with Crippen molar-refractivity contribution in [1.29, 1.82) is 0 Å². The molecule has 1 aliphatic heterocycles. The van der Waals surface area contributed by atoms with Crippen LogP contribution >= 0.6 is 0 Å². The highest BCUT2D eigenvalue weighted by Gasteiger charge is 2.42. The van der Waals surface area contributed by atoms with E-state index in [9.17, 15) is 18.0 Å². The predicted octanol–water partition coefficient (Wildman–Crippen LogP) is 3.96. The second kappa shape index (κ2) is 8.87. The number of H-pyrrole nitrogens is 1. The molecule has 10 heteroatoms. The fraction of sp³-hybridized carbons (Fsp3) is 0.231. The number of amides is 2. The number of nitrogens with one attached hydrogen (secondary N) is 1. The minimum Gasteiger partial charge on any atom is -0.457 e. The summed E-state index contributed by atoms with van der Waals surface area (Å²) in [5, 5.41) is 0. The molecule has 5 rings (SSSR count). The maximum Gasteiger partial charge on any atom is 0.233 e. The molecule has 1 fully saturated rings. The van der Waals surface area contributed by atoms with Crippen molar-refractivity contribution in [2.45, 2.75) is 25.3 Å². The van der Waals surface area contributed by atoms with Crippen LogP contribution in [0.15, 0.2) is 65.7 Å². The Morgan fingerprint density at radius 1 is 1.00 bits per heavy atom. The molecule has 0 unspecified atom stereocenters. The second-order valence-electron chi connectivity index (χ2n) is 8.96. The molecule has 2 aromatic carbocycles. The molecule has 0 bridgehead atoms. The van der Waals surface area contributed by atoms with E-state index >= 15 is 0 Å². The lowest BCUT2D eigenvalue weighted by atomic mass is 10.00. The third-order valence-corrected chi connectivity index (χ3v) is 7.57. The first-order valence-electron chi connectivity index (χ1n) is 11.4. The molecule has 36 heavy (non-hydrogen) atoms. The van der Waals surface area contributed by atoms with Crippen LogP contribution in [0.3, 0.4) is 0 Å². The molecule has 1 N–H and O–H groups in total. The molecule has 0 saturated carbocycles. The Morgan fingerprint density at radius 3 is 2.31 bits per heavy atom. The Hall–Kier alpha value is -4.05. The van der Waals surface area contributed by atoms with Gasteiger partial charge in [-0.1, -0.05) is 19.9 Å². The molecule has 0 radical (unpaired) electrons. The van der Waals surface area contributed by atoms with Gasteiger partial charge in [0.05, 0.1) is 22.5 Å². The summed E-state index contributed by atoms with van der Waals surface area (Å²) in [5.41, 5.74) is 2.59. The Kier molecular flexibility index (Phi) is 5.83. The number of aromatic nitrogens is 3. The normalized spacial score (nSPS) is 18.2. The van der Waals surface area contributed by atoms with Gasteiger partial charge in [-0.25, -0.2) is 13.4 Å². The highest BCUT2D eigenvalue weighted by Crippen LogP contribution is 2.34. The molecular weight excluding hydrogens is 480 g/mol. The number of aromatic amines is 1. The number of hydrogen-bond donors (Lipinski definition) is 1. The van der Waals surface area contributed by atoms with Crippen LogP contribution in [0.4, 0.5) is 0 Å². The third-order valence-electron chi connectivity index (χ3n) is 6.44. The van der Waals surface area contributed by atoms with Crippen LogP contribution in [0.5, 0.6) is 11.5 Å². The number of carbonyl (C=O) groups is 2. The fourth-order valence-electron chi connectivity index (χ4n) is 4.16. The van der Waals surface area contributed by atoms with Gasteiger partial charge >= 0.3 is 0 Å². The number of rotatable bonds is 6. The molecular formula is C26H24N4O5S. The van der Waals surface area contributed by atoms with Crippen molar-refractivity contribution in [3.05, 3.63) is 66.4 Å². The maximum absolute atomic E-state index is 12.8. The molecule has 2 aromatic heterocycles. The molecule has 0 aliphatic carbocycles. The van der Waals surface area contributed by atoms with Gasteiger partial charge in [0.25, 0.3) is 0 Å². The number of pyridine rings is 1. The first kappa shape index (κ1) is 23.7. The Morgan fingerprint density at radius 2 is 1.69 bits per heavy atom. The van der Waals surface area contributed by atoms with Crippen molar-refractivity contribution in [3.8, 4) is 23.0 Å². The van der Waals surface area contributed by atoms with E-state index in [2.05, 4.69) is 15.0 Å². The minimum absolute atomic E-state index is 0.0387. The number of imide groups is 1. The zero-order valence-electron chi connectivity index (χ0n) is 19.9. The smallest absolute Gasteiger partial charge is 0.233 e. The average Bonchev–Trinajstić information content (AvgIpc) is 3.35. The first-order valence-corrected chi connectivity index (χ1v) is 13.3. The summed E-state index contributed by atoms with van der Waals surface area (Å²) >= 11 is 0. The number of benzene rings is 2. The van der Waals surface area contributed by atoms with E-state index < -0.39 is 21.7 Å². The highest BCUT2D eigenvalue weighted by atomic mass is 32.2. The number of nitrogens with zero attached hydrogens (tertiary/aromatic N) is 3. The van der Waals surface area contributed by atoms with Gasteiger partial charge in [0.15, 0.2) is 15.7 Å². The fourth-order valence-corrected chi connectivity index (χ4v) is 4.79. The molecule has 1 aliphatic rings. The van der Waals surface area contributed by atoms with Gasteiger partial charge in [-0.05, 0) is 42.5 Å². The summed E-state index contributed by atoms with van der Waals surface area (Å²) in [6.07, 6.45) is 2.81. The van der Waals surface area contributed by atoms with Crippen LogP contribution in [0.1, 0.15) is 19.4 Å². The summed E-state index contributed by atoms with van der Waals surface area (Å²) in [6, 6.07) is 15.1. The van der Waals surface area contributed by atoms with Gasteiger partial charge in [-0.2, -0.15) is 0 Å². The van der Waals surface area contributed by atoms with Crippen LogP contribution in [0.25, 0.3) is 22.6 Å². The van der Waals surface area contributed by atoms with E-state index in [-0.39, 0.29) is 23.3 Å². The van der Waals surface area contributed by atoms with E-state index in [4.69, 9.17) is 4.74 Å². The Balaban J connectivity index is 1.56. The number of ether oxygens (including phenoxy) is 1. The highest BCUT2D eigenvalue weighted by molar-refractivity contribution is 7.90. The second-order valence-corrected chi connectivity index (χ2v) is 11.0. The lowest BCUT2D eigenvalue weighted by Gasteiger charge is -2.18. The lowest BCUT2D eigenvalue weighted by molar-refractivity contribution is -0.140. The van der Waals surface area contributed by atoms with Crippen LogP contribution in [-0.2, 0) is 26.0 Å². The van der Waals surface area contributed by atoms with Crippen LogP contribution in [0.2, 0.25) is 0 Å². The topological polar surface area (TPSA) is 122 Å². The van der Waals surface area contributed by atoms with E-state index in [0.717, 1.165) is 6.26 Å². The average molecular weight is 505 g/mol. The number of sulfone groups is 1. The third kappa shape index (κ3) is 4.35. The standard InChI is InChI=1S/C26H24N4O5S/c1-15-16(2)26(32)30(25(15)31)14-17-12-21-22(29-24(28-21)20-6-4-5-11-27-20)13-23(17)35-18-7-9-19(10-8-18)36(3,33)34/h4-13,15-16H,14H2,1-3H3,(H,28,29)/t15-,16+. The summed E-state index contributed by atoms with van der Waals surface area (Å²) in [5.74, 6) is 0.145. The van der Waals surface area contributed by atoms with Crippen molar-refractivity contribution in [3.63, 3.8) is 0 Å². The van der Waals surface area contributed by atoms with Gasteiger partial charge in [0.1, 0.15) is 17.2 Å². The van der Waals surface area contributed by atoms with Crippen molar-refractivity contribution in [2.75, 3.05) is 6.26 Å². The molecule has 2 amide bonds. The van der Waals surface area contributed by atoms with Crippen molar-refractivity contribution >= 4 is 32.7 Å². The molecule has 184 valence electrons. The minimum atomic E-state index is -3.35. The van der Waals surface area contributed by atoms with Gasteiger partial charge in [-0.15, -0.1) is 0 Å². The zero-order chi connectivity index (χ0) is 25.6. The maximum atomic E-state index is 12.8. The van der Waals surface area contributed by atoms with E-state index in [1.54, 1.807) is 38.2 Å². The lowest BCUT2D eigenvalue weighted by Crippen LogP contribution is -2.30. The summed E-state index contributed by atoms with van der Waals surface area (Å²) < 4.78 is 29.7. The van der Waals surface area contributed by atoms with Gasteiger partial charge in [-0.3, -0.25) is 19.5 Å². The van der Waals surface area contributed by atoms with E-state index in [0.29, 0.717) is 39.6 Å². The monoisotopic (exact) mass is 504 g/mol. The zero-order valence-corrected chi connectivity index (χ0v) is 20.7. The number of hydrogen-bond acceptors (Lipinski definition) is 7. The molecule has 3 heterocycles. The van der Waals surface area contributed by atoms with Gasteiger partial charge < -0.3 is 9.72 Å². The summed E-state index contributed by atoms with van der Waals surface area (Å²) in [7, 11) is -3.35. The molecule has 0 spiro atoms. The molecule has 9 nitrogen and oxygen atoms in total. The molecule has 4 aromatic rings. The molecule has 2 atom stereocenters. The summed E-state index contributed by atoms with van der Waals surface area (Å²) in [4.78, 5) is 39.2. The largest absolute Gasteiger partial charge is 0.457 e. The van der Waals surface area contributed by atoms with Crippen LogP contribution in [0, 0.1) is 11.8 Å². The van der Waals surface area contributed by atoms with Crippen molar-refractivity contribution in [1.82, 2.24) is 19.9 Å². The van der Waals surface area contributed by atoms with Crippen LogP contribution < -0.4 is 4.74 Å². The SMILES string of the molecule is C[C@@H]1C(=O)N(Cc2cc3[nH]c(-c4ccccn4)nc3cc2Oc2ccc(S(C)(=O)=O)cc2)C(=O)[C@@H]1C. The number of imidazole rings is 1. The van der Waals surface area contributed by atoms with E-state index in [1.807, 2.05) is 24.3 Å². The van der Waals surface area contributed by atoms with Crippen molar-refractivity contribution < 1.29 is 22.7 Å². The number of likely N-dealkylation sites (tertiary alicyclic amines) is 1. The van der Waals surface area contributed by atoms with Crippen molar-refractivity contribution in [2.24, 2.45) is 11.8 Å². The van der Waals surface area contributed by atoms with E-state index in [1.165, 1.54) is 17.0 Å². The Labute approximate surface area is 208 Å². The number of fused-ring (bicyclic) bond motifs is 1. The van der Waals surface area contributed by atoms with Gasteiger partial charge in [0, 0.05) is 35.9 Å². The first-order chi connectivity index (χ1) is 17.1. The predicted molar refractivity (Wildman–Crippen MR) is 133 cm³/mol. The van der Waals surface area contributed by atoms with Gasteiger partial charge in [0.2, 0.25) is 11.8 Å². The molecule has 1 saturated heterocycles. The quantitative estimate of drug-likeness (QED) is 0.394. The Bertz CT molecular complexity index is 1560.